The number of halogens is 3. The van der Waals surface area contributed by atoms with Gasteiger partial charge in [0.25, 0.3) is 0 Å². The molecule has 1 aromatic heterocycles. The van der Waals surface area contributed by atoms with Crippen molar-refractivity contribution in [2.45, 2.75) is 17.8 Å². The van der Waals surface area contributed by atoms with Crippen molar-refractivity contribution in [2.24, 2.45) is 0 Å². The van der Waals surface area contributed by atoms with Crippen molar-refractivity contribution in [2.75, 3.05) is 24.3 Å². The van der Waals surface area contributed by atoms with E-state index >= 15 is 0 Å². The summed E-state index contributed by atoms with van der Waals surface area (Å²) >= 11 is 0.677. The third kappa shape index (κ3) is 5.98. The van der Waals surface area contributed by atoms with Gasteiger partial charge in [-0.2, -0.15) is 13.2 Å². The second kappa shape index (κ2) is 8.99. The largest absolute Gasteiger partial charge is 0.490 e. The lowest BCUT2D eigenvalue weighted by Gasteiger charge is -2.11. The van der Waals surface area contributed by atoms with Crippen molar-refractivity contribution in [3.63, 3.8) is 0 Å². The zero-order valence-corrected chi connectivity index (χ0v) is 15.6. The summed E-state index contributed by atoms with van der Waals surface area (Å²) in [6, 6.07) is 4.72. The number of hydrogen-bond donors (Lipinski definition) is 2. The third-order valence-corrected chi connectivity index (χ3v) is 4.38. The fourth-order valence-corrected chi connectivity index (χ4v) is 2.90. The molecule has 0 fully saturated rings. The Kier molecular flexibility index (Phi) is 6.42. The Labute approximate surface area is 167 Å². The summed E-state index contributed by atoms with van der Waals surface area (Å²) in [6.45, 7) is 1.01. The molecule has 12 heteroatoms. The van der Waals surface area contributed by atoms with E-state index in [1.54, 1.807) is 18.2 Å². The van der Waals surface area contributed by atoms with Crippen LogP contribution in [0.1, 0.15) is 12.1 Å². The molecular formula is C17H15F3N4O4S. The van der Waals surface area contributed by atoms with Gasteiger partial charge in [0.2, 0.25) is 5.91 Å². The van der Waals surface area contributed by atoms with Crippen LogP contribution in [-0.4, -0.2) is 40.9 Å². The number of rotatable bonds is 4. The van der Waals surface area contributed by atoms with Gasteiger partial charge in [0, 0.05) is 24.4 Å². The minimum absolute atomic E-state index is 0.224. The summed E-state index contributed by atoms with van der Waals surface area (Å²) in [7, 11) is 0. The van der Waals surface area contributed by atoms with Crippen LogP contribution in [0.4, 0.5) is 23.7 Å². The van der Waals surface area contributed by atoms with Gasteiger partial charge in [0.1, 0.15) is 5.69 Å². The lowest BCUT2D eigenvalue weighted by atomic mass is 10.3. The molecule has 2 heterocycles. The third-order valence-electron chi connectivity index (χ3n) is 3.51. The van der Waals surface area contributed by atoms with Gasteiger partial charge in [0.15, 0.2) is 16.7 Å². The molecule has 0 saturated carbocycles. The van der Waals surface area contributed by atoms with Gasteiger partial charge in [0.05, 0.1) is 19.0 Å². The summed E-state index contributed by atoms with van der Waals surface area (Å²) in [5, 5.41) is 4.33. The molecule has 0 bridgehead atoms. The first-order valence-corrected chi connectivity index (χ1v) is 9.33. The van der Waals surface area contributed by atoms with Gasteiger partial charge < -0.3 is 14.8 Å². The van der Waals surface area contributed by atoms with Gasteiger partial charge >= 0.3 is 12.2 Å². The summed E-state index contributed by atoms with van der Waals surface area (Å²) in [5.41, 5.74) is -0.726. The monoisotopic (exact) mass is 428 g/mol. The molecule has 1 aromatic carbocycles. The van der Waals surface area contributed by atoms with Crippen molar-refractivity contribution in [3.8, 4) is 11.5 Å². The zero-order valence-electron chi connectivity index (χ0n) is 14.8. The lowest BCUT2D eigenvalue weighted by Crippen LogP contribution is -2.35. The summed E-state index contributed by atoms with van der Waals surface area (Å²) in [4.78, 5) is 30.8. The molecule has 1 aliphatic heterocycles. The first-order valence-electron chi connectivity index (χ1n) is 8.35. The minimum atomic E-state index is -4.61. The van der Waals surface area contributed by atoms with Crippen LogP contribution in [0.2, 0.25) is 0 Å². The normalized spacial score (nSPS) is 13.3. The standard InChI is InChI=1S/C17H15F3N4O4S/c18-17(19,20)13-4-5-21-16(23-13)29-9-14(25)24-15(26)22-10-2-3-11-12(8-10)28-7-1-6-27-11/h2-5,8H,1,6-7,9H2,(H2,22,24,25,26). The van der Waals surface area contributed by atoms with Gasteiger partial charge in [-0.3, -0.25) is 10.1 Å². The predicted octanol–water partition coefficient (Wildman–Crippen LogP) is 3.10. The highest BCUT2D eigenvalue weighted by atomic mass is 32.2. The number of anilines is 1. The fourth-order valence-electron chi connectivity index (χ4n) is 2.26. The van der Waals surface area contributed by atoms with Crippen molar-refractivity contribution in [3.05, 3.63) is 36.2 Å². The molecule has 3 amide bonds. The highest BCUT2D eigenvalue weighted by molar-refractivity contribution is 7.99. The molecule has 2 N–H and O–H groups in total. The van der Waals surface area contributed by atoms with E-state index in [-0.39, 0.29) is 10.9 Å². The summed E-state index contributed by atoms with van der Waals surface area (Å²) in [6.07, 6.45) is -2.92. The molecule has 0 saturated heterocycles. The number of urea groups is 1. The number of thioether (sulfide) groups is 1. The van der Waals surface area contributed by atoms with E-state index in [0.717, 1.165) is 18.7 Å². The highest BCUT2D eigenvalue weighted by Gasteiger charge is 2.32. The van der Waals surface area contributed by atoms with Crippen molar-refractivity contribution < 1.29 is 32.2 Å². The highest BCUT2D eigenvalue weighted by Crippen LogP contribution is 2.32. The van der Waals surface area contributed by atoms with Gasteiger partial charge in [-0.15, -0.1) is 0 Å². The maximum atomic E-state index is 12.6. The Morgan fingerprint density at radius 2 is 1.90 bits per heavy atom. The number of imide groups is 1. The second-order valence-corrected chi connectivity index (χ2v) is 6.67. The van der Waals surface area contributed by atoms with Crippen molar-refractivity contribution in [1.82, 2.24) is 15.3 Å². The predicted molar refractivity (Wildman–Crippen MR) is 97.0 cm³/mol. The number of carbonyl (C=O) groups excluding carboxylic acids is 2. The molecule has 8 nitrogen and oxygen atoms in total. The Hall–Kier alpha value is -3.02. The van der Waals surface area contributed by atoms with Crippen molar-refractivity contribution in [1.29, 1.82) is 0 Å². The lowest BCUT2D eigenvalue weighted by molar-refractivity contribution is -0.141. The van der Waals surface area contributed by atoms with Crippen LogP contribution in [0.3, 0.4) is 0 Å². The average Bonchev–Trinajstić information content (AvgIpc) is 2.91. The van der Waals surface area contributed by atoms with E-state index in [1.165, 1.54) is 0 Å². The Morgan fingerprint density at radius 3 is 2.66 bits per heavy atom. The number of fused-ring (bicyclic) bond motifs is 1. The van der Waals surface area contributed by atoms with Crippen molar-refractivity contribution >= 4 is 29.4 Å². The van der Waals surface area contributed by atoms with E-state index < -0.39 is 23.8 Å². The Bertz CT molecular complexity index is 910. The van der Waals surface area contributed by atoms with E-state index in [0.29, 0.717) is 42.2 Å². The SMILES string of the molecule is O=C(CSc1nccc(C(F)(F)F)n1)NC(=O)Nc1ccc2c(c1)OCCCO2. The number of carbonyl (C=O) groups is 2. The number of aromatic nitrogens is 2. The Morgan fingerprint density at radius 1 is 1.14 bits per heavy atom. The van der Waals surface area contributed by atoms with Gasteiger partial charge in [-0.1, -0.05) is 11.8 Å². The molecular weight excluding hydrogens is 413 g/mol. The molecule has 0 unspecified atom stereocenters. The maximum Gasteiger partial charge on any atom is 0.433 e. The molecule has 154 valence electrons. The smallest absolute Gasteiger partial charge is 0.433 e. The van der Waals surface area contributed by atoms with Crippen LogP contribution in [0.25, 0.3) is 0 Å². The minimum Gasteiger partial charge on any atom is -0.490 e. The van der Waals surface area contributed by atoms with Crippen LogP contribution in [-0.2, 0) is 11.0 Å². The molecule has 1 aliphatic rings. The quantitative estimate of drug-likeness (QED) is 0.570. The van der Waals surface area contributed by atoms with Crippen LogP contribution in [0, 0.1) is 0 Å². The van der Waals surface area contributed by atoms with Crippen LogP contribution < -0.4 is 20.1 Å². The molecule has 3 rings (SSSR count). The number of benzene rings is 1. The number of nitrogens with zero attached hydrogens (tertiary/aromatic N) is 2. The Balaban J connectivity index is 1.51. The van der Waals surface area contributed by atoms with Crippen LogP contribution in [0.15, 0.2) is 35.6 Å². The van der Waals surface area contributed by atoms with Gasteiger partial charge in [-0.25, -0.2) is 14.8 Å². The van der Waals surface area contributed by atoms with Crippen LogP contribution >= 0.6 is 11.8 Å². The molecule has 29 heavy (non-hydrogen) atoms. The molecule has 0 atom stereocenters. The van der Waals surface area contributed by atoms with E-state index in [2.05, 4.69) is 20.6 Å². The molecule has 0 spiro atoms. The number of alkyl halides is 3. The number of ether oxygens (including phenoxy) is 2. The number of hydrogen-bond acceptors (Lipinski definition) is 7. The van der Waals surface area contributed by atoms with E-state index in [4.69, 9.17) is 9.47 Å². The molecule has 2 aromatic rings. The van der Waals surface area contributed by atoms with Crippen LogP contribution in [0.5, 0.6) is 11.5 Å². The second-order valence-electron chi connectivity index (χ2n) is 5.73. The first-order chi connectivity index (χ1) is 13.8. The number of nitrogens with one attached hydrogen (secondary N) is 2. The molecule has 0 radical (unpaired) electrons. The van der Waals surface area contributed by atoms with E-state index in [1.807, 2.05) is 0 Å². The molecule has 0 aliphatic carbocycles. The fraction of sp³-hybridized carbons (Fsp3) is 0.294. The van der Waals surface area contributed by atoms with Gasteiger partial charge in [-0.05, 0) is 18.2 Å². The van der Waals surface area contributed by atoms with E-state index in [9.17, 15) is 22.8 Å². The summed E-state index contributed by atoms with van der Waals surface area (Å²) < 4.78 is 48.9. The average molecular weight is 428 g/mol. The first kappa shape index (κ1) is 20.7. The maximum absolute atomic E-state index is 12.6. The zero-order chi connectivity index (χ0) is 20.9. The summed E-state index contributed by atoms with van der Waals surface area (Å²) in [5.74, 6) is -0.0238. The topological polar surface area (TPSA) is 102 Å². The number of amides is 3.